The Labute approximate surface area is 242 Å². The number of rotatable bonds is 7. The van der Waals surface area contributed by atoms with E-state index in [2.05, 4.69) is 128 Å². The van der Waals surface area contributed by atoms with E-state index in [9.17, 15) is 0 Å². The molecule has 5 aromatic carbocycles. The van der Waals surface area contributed by atoms with E-state index in [-0.39, 0.29) is 0 Å². The van der Waals surface area contributed by atoms with E-state index < -0.39 is 0 Å². The standard InChI is InChI=1S/C39H34N2/c1-4-9-26(2)24-37(40)29-16-20-31(21-17-29)39-35-12-7-5-10-33(35)38(34-11-6-8-13-36(34)39)30-18-14-28(15-19-30)32-22-23-41-27(3)25-32/h5-8,10-25,40H,4,9H2,1-3H3/b26-24-,40-37?. The van der Waals surface area contributed by atoms with E-state index >= 15 is 0 Å². The van der Waals surface area contributed by atoms with Gasteiger partial charge in [-0.05, 0) is 99.0 Å². The van der Waals surface area contributed by atoms with Gasteiger partial charge in [0.25, 0.3) is 0 Å². The number of benzene rings is 5. The Bertz CT molecular complexity index is 1850. The second-order valence-corrected chi connectivity index (χ2v) is 10.8. The molecule has 2 heteroatoms. The number of hydrogen-bond acceptors (Lipinski definition) is 2. The highest BCUT2D eigenvalue weighted by atomic mass is 14.6. The average Bonchev–Trinajstić information content (AvgIpc) is 3.00. The van der Waals surface area contributed by atoms with Crippen LogP contribution in [0.2, 0.25) is 0 Å². The summed E-state index contributed by atoms with van der Waals surface area (Å²) >= 11 is 0. The molecule has 1 N–H and O–H groups in total. The van der Waals surface area contributed by atoms with Crippen LogP contribution in [0.3, 0.4) is 0 Å². The molecule has 6 rings (SSSR count). The third-order valence-corrected chi connectivity index (χ3v) is 7.85. The molecule has 1 aromatic heterocycles. The molecular weight excluding hydrogens is 496 g/mol. The van der Waals surface area contributed by atoms with Crippen molar-refractivity contribution in [3.05, 3.63) is 138 Å². The van der Waals surface area contributed by atoms with Gasteiger partial charge in [0.2, 0.25) is 0 Å². The Kier molecular flexibility index (Phi) is 7.31. The van der Waals surface area contributed by atoms with Crippen LogP contribution < -0.4 is 0 Å². The second kappa shape index (κ2) is 11.3. The van der Waals surface area contributed by atoms with E-state index in [0.717, 1.165) is 29.7 Å². The van der Waals surface area contributed by atoms with Crippen LogP contribution in [0.5, 0.6) is 0 Å². The van der Waals surface area contributed by atoms with Gasteiger partial charge in [-0.15, -0.1) is 0 Å². The van der Waals surface area contributed by atoms with Crippen molar-refractivity contribution in [3.63, 3.8) is 0 Å². The fourth-order valence-electron chi connectivity index (χ4n) is 5.92. The van der Waals surface area contributed by atoms with Crippen LogP contribution in [0.25, 0.3) is 54.9 Å². The number of nitrogens with zero attached hydrogens (tertiary/aromatic N) is 1. The molecule has 0 saturated carbocycles. The van der Waals surface area contributed by atoms with Crippen molar-refractivity contribution in [2.75, 3.05) is 0 Å². The first-order chi connectivity index (χ1) is 20.0. The molecule has 1 heterocycles. The zero-order valence-electron chi connectivity index (χ0n) is 23.9. The van der Waals surface area contributed by atoms with E-state index in [0.29, 0.717) is 5.71 Å². The lowest BCUT2D eigenvalue weighted by Crippen LogP contribution is -1.96. The van der Waals surface area contributed by atoms with Gasteiger partial charge in [-0.1, -0.05) is 116 Å². The first-order valence-corrected chi connectivity index (χ1v) is 14.4. The number of aromatic nitrogens is 1. The summed E-state index contributed by atoms with van der Waals surface area (Å²) in [5.41, 5.74) is 11.0. The van der Waals surface area contributed by atoms with Crippen molar-refractivity contribution in [3.8, 4) is 33.4 Å². The van der Waals surface area contributed by atoms with Gasteiger partial charge < -0.3 is 5.41 Å². The fraction of sp³-hybridized carbons (Fsp3) is 0.128. The number of fused-ring (bicyclic) bond motifs is 2. The molecule has 0 atom stereocenters. The van der Waals surface area contributed by atoms with Gasteiger partial charge in [0.05, 0.1) is 5.71 Å². The van der Waals surface area contributed by atoms with E-state index in [1.807, 2.05) is 19.2 Å². The summed E-state index contributed by atoms with van der Waals surface area (Å²) < 4.78 is 0. The number of aryl methyl sites for hydroxylation is 1. The monoisotopic (exact) mass is 530 g/mol. The molecule has 0 aliphatic heterocycles. The topological polar surface area (TPSA) is 36.7 Å². The Morgan fingerprint density at radius 3 is 1.63 bits per heavy atom. The van der Waals surface area contributed by atoms with Crippen LogP contribution in [-0.4, -0.2) is 10.7 Å². The molecule has 0 aliphatic rings. The lowest BCUT2D eigenvalue weighted by atomic mass is 9.85. The minimum Gasteiger partial charge on any atom is -0.300 e. The Morgan fingerprint density at radius 1 is 0.659 bits per heavy atom. The molecule has 41 heavy (non-hydrogen) atoms. The van der Waals surface area contributed by atoms with Gasteiger partial charge in [-0.25, -0.2) is 0 Å². The predicted molar refractivity (Wildman–Crippen MR) is 176 cm³/mol. The summed E-state index contributed by atoms with van der Waals surface area (Å²) in [7, 11) is 0. The van der Waals surface area contributed by atoms with E-state index in [4.69, 9.17) is 5.41 Å². The molecule has 0 aliphatic carbocycles. The first-order valence-electron chi connectivity index (χ1n) is 14.4. The van der Waals surface area contributed by atoms with Gasteiger partial charge in [0.15, 0.2) is 0 Å². The van der Waals surface area contributed by atoms with Crippen molar-refractivity contribution < 1.29 is 0 Å². The van der Waals surface area contributed by atoms with E-state index in [1.165, 1.54) is 54.9 Å². The van der Waals surface area contributed by atoms with Gasteiger partial charge >= 0.3 is 0 Å². The molecule has 0 amide bonds. The van der Waals surface area contributed by atoms with Crippen molar-refractivity contribution in [1.82, 2.24) is 4.98 Å². The largest absolute Gasteiger partial charge is 0.300 e. The number of hydrogen-bond donors (Lipinski definition) is 1. The molecule has 200 valence electrons. The van der Waals surface area contributed by atoms with Crippen molar-refractivity contribution in [2.24, 2.45) is 0 Å². The fourth-order valence-corrected chi connectivity index (χ4v) is 5.92. The van der Waals surface area contributed by atoms with Crippen LogP contribution >= 0.6 is 0 Å². The van der Waals surface area contributed by atoms with Crippen molar-refractivity contribution in [1.29, 1.82) is 5.41 Å². The van der Waals surface area contributed by atoms with Gasteiger partial charge in [0, 0.05) is 11.9 Å². The minimum atomic E-state index is 0.568. The van der Waals surface area contributed by atoms with Crippen molar-refractivity contribution >= 4 is 27.3 Å². The van der Waals surface area contributed by atoms with Crippen LogP contribution in [-0.2, 0) is 0 Å². The van der Waals surface area contributed by atoms with Crippen LogP contribution in [0.1, 0.15) is 37.9 Å². The summed E-state index contributed by atoms with van der Waals surface area (Å²) in [6.07, 6.45) is 5.99. The summed E-state index contributed by atoms with van der Waals surface area (Å²) in [6.45, 7) is 6.31. The quantitative estimate of drug-likeness (QED) is 0.162. The second-order valence-electron chi connectivity index (χ2n) is 10.8. The number of pyridine rings is 1. The molecule has 0 spiro atoms. The van der Waals surface area contributed by atoms with Gasteiger partial charge in [-0.3, -0.25) is 4.98 Å². The van der Waals surface area contributed by atoms with Crippen LogP contribution in [0, 0.1) is 12.3 Å². The summed E-state index contributed by atoms with van der Waals surface area (Å²) in [4.78, 5) is 4.35. The maximum atomic E-state index is 8.60. The molecule has 2 nitrogen and oxygen atoms in total. The van der Waals surface area contributed by atoms with Gasteiger partial charge in [-0.2, -0.15) is 0 Å². The summed E-state index contributed by atoms with van der Waals surface area (Å²) in [5.74, 6) is 0. The van der Waals surface area contributed by atoms with Crippen molar-refractivity contribution in [2.45, 2.75) is 33.6 Å². The average molecular weight is 531 g/mol. The van der Waals surface area contributed by atoms with E-state index in [1.54, 1.807) is 0 Å². The van der Waals surface area contributed by atoms with Crippen LogP contribution in [0.4, 0.5) is 0 Å². The molecule has 0 bridgehead atoms. The maximum Gasteiger partial charge on any atom is 0.0611 e. The summed E-state index contributed by atoms with van der Waals surface area (Å²) in [6, 6.07) is 39.1. The SMILES string of the molecule is CCC/C(C)=C\C(=N)c1ccc(-c2c3ccccc3c(-c3ccc(-c4ccnc(C)c4)cc3)c3ccccc23)cc1. The summed E-state index contributed by atoms with van der Waals surface area (Å²) in [5, 5.41) is 13.5. The first kappa shape index (κ1) is 26.4. The molecule has 6 aromatic rings. The molecular formula is C39H34N2. The zero-order valence-corrected chi connectivity index (χ0v) is 23.9. The lowest BCUT2D eigenvalue weighted by Gasteiger charge is -2.18. The third-order valence-electron chi connectivity index (χ3n) is 7.85. The molecule has 0 saturated heterocycles. The molecule has 0 radical (unpaired) electrons. The zero-order chi connectivity index (χ0) is 28.3. The highest BCUT2D eigenvalue weighted by Gasteiger charge is 2.16. The number of allylic oxidation sites excluding steroid dienone is 2. The third kappa shape index (κ3) is 5.21. The van der Waals surface area contributed by atoms with Crippen LogP contribution in [0.15, 0.2) is 127 Å². The molecule has 0 unspecified atom stereocenters. The highest BCUT2D eigenvalue weighted by Crippen LogP contribution is 2.43. The smallest absolute Gasteiger partial charge is 0.0611 e. The highest BCUT2D eigenvalue weighted by molar-refractivity contribution is 6.21. The van der Waals surface area contributed by atoms with Gasteiger partial charge in [0.1, 0.15) is 0 Å². The minimum absolute atomic E-state index is 0.568. The Morgan fingerprint density at radius 2 is 1.15 bits per heavy atom. The molecule has 0 fully saturated rings. The Hall–Kier alpha value is -4.82. The number of nitrogens with one attached hydrogen (secondary N) is 1. The predicted octanol–water partition coefficient (Wildman–Crippen LogP) is 10.8. The Balaban J connectivity index is 1.49. The normalized spacial score (nSPS) is 11.7. The lowest BCUT2D eigenvalue weighted by molar-refractivity contribution is 0.907. The maximum absolute atomic E-state index is 8.60.